The topological polar surface area (TPSA) is 75.4 Å². The van der Waals surface area contributed by atoms with Crippen molar-refractivity contribution in [2.24, 2.45) is 11.1 Å². The third-order valence-electron chi connectivity index (χ3n) is 5.00. The summed E-state index contributed by atoms with van der Waals surface area (Å²) in [5.41, 5.74) is 7.84. The van der Waals surface area contributed by atoms with Crippen LogP contribution in [0.25, 0.3) is 0 Å². The Morgan fingerprint density at radius 2 is 1.64 bits per heavy atom. The van der Waals surface area contributed by atoms with E-state index in [2.05, 4.69) is 5.32 Å². The summed E-state index contributed by atoms with van der Waals surface area (Å²) in [5.74, 6) is 0.0298. The first-order valence-electron chi connectivity index (χ1n) is 8.60. The van der Waals surface area contributed by atoms with E-state index in [0.717, 1.165) is 11.3 Å². The number of hydrogen-bond acceptors (Lipinski definition) is 4. The van der Waals surface area contributed by atoms with Crippen LogP contribution in [0.5, 0.6) is 0 Å². The van der Waals surface area contributed by atoms with Gasteiger partial charge < -0.3 is 16.2 Å². The molecule has 0 bridgehead atoms. The van der Waals surface area contributed by atoms with E-state index in [1.165, 1.54) is 0 Å². The van der Waals surface area contributed by atoms with Gasteiger partial charge >= 0.3 is 0 Å². The molecule has 2 aromatic carbocycles. The molecular weight excluding hydrogens is 312 g/mol. The lowest BCUT2D eigenvalue weighted by Crippen LogP contribution is -2.55. The molecule has 4 nitrogen and oxygen atoms in total. The van der Waals surface area contributed by atoms with Crippen molar-refractivity contribution in [2.75, 3.05) is 18.5 Å². The van der Waals surface area contributed by atoms with E-state index in [1.807, 2.05) is 75.4 Å². The Balaban J connectivity index is 2.17. The Kier molecular flexibility index (Phi) is 5.98. The van der Waals surface area contributed by atoms with Crippen LogP contribution in [-0.4, -0.2) is 29.6 Å². The maximum Gasteiger partial charge on any atom is 0.170 e. The maximum absolute atomic E-state index is 13.1. The molecule has 1 unspecified atom stereocenters. The molecule has 4 heteroatoms. The first-order valence-corrected chi connectivity index (χ1v) is 8.60. The molecule has 0 aromatic heterocycles. The van der Waals surface area contributed by atoms with Crippen LogP contribution in [0.3, 0.4) is 0 Å². The Hall–Kier alpha value is -2.17. The van der Waals surface area contributed by atoms with Crippen LogP contribution in [0.4, 0.5) is 5.69 Å². The first kappa shape index (κ1) is 19.2. The smallest absolute Gasteiger partial charge is 0.170 e. The number of Topliss-reactive ketones (excluding diaryl/α,β-unsaturated/α-hetero) is 1. The molecule has 0 saturated heterocycles. The van der Waals surface area contributed by atoms with Crippen molar-refractivity contribution in [1.29, 1.82) is 0 Å². The van der Waals surface area contributed by atoms with Crippen LogP contribution in [0.15, 0.2) is 54.6 Å². The SMILES string of the molecule is CC(N)(Cc1ccccc1)C(C)(C)C(=O)c1ccc(NCCO)cc1. The van der Waals surface area contributed by atoms with Crippen LogP contribution in [-0.2, 0) is 6.42 Å². The number of benzene rings is 2. The molecule has 0 aliphatic heterocycles. The van der Waals surface area contributed by atoms with E-state index < -0.39 is 11.0 Å². The van der Waals surface area contributed by atoms with Crippen molar-refractivity contribution in [3.05, 3.63) is 65.7 Å². The third kappa shape index (κ3) is 4.47. The monoisotopic (exact) mass is 340 g/mol. The average Bonchev–Trinajstić information content (AvgIpc) is 2.60. The van der Waals surface area contributed by atoms with Crippen molar-refractivity contribution < 1.29 is 9.90 Å². The molecule has 134 valence electrons. The lowest BCUT2D eigenvalue weighted by Gasteiger charge is -2.40. The molecule has 0 saturated carbocycles. The van der Waals surface area contributed by atoms with Gasteiger partial charge in [-0.2, -0.15) is 0 Å². The van der Waals surface area contributed by atoms with Crippen molar-refractivity contribution >= 4 is 11.5 Å². The third-order valence-corrected chi connectivity index (χ3v) is 5.00. The molecule has 0 heterocycles. The van der Waals surface area contributed by atoms with Crippen molar-refractivity contribution in [1.82, 2.24) is 0 Å². The highest BCUT2D eigenvalue weighted by atomic mass is 16.3. The normalized spacial score (nSPS) is 14.0. The standard InChI is InChI=1S/C21H28N2O2/c1-20(2,21(3,22)15-16-7-5-4-6-8-16)19(25)17-9-11-18(12-10-17)23-13-14-24/h4-12,23-24H,13-15,22H2,1-3H3. The highest BCUT2D eigenvalue weighted by Crippen LogP contribution is 2.35. The lowest BCUT2D eigenvalue weighted by atomic mass is 9.67. The van der Waals surface area contributed by atoms with Crippen LogP contribution >= 0.6 is 0 Å². The number of aliphatic hydroxyl groups excluding tert-OH is 1. The molecular formula is C21H28N2O2. The predicted molar refractivity (Wildman–Crippen MR) is 103 cm³/mol. The van der Waals surface area contributed by atoms with Gasteiger partial charge in [0.25, 0.3) is 0 Å². The van der Waals surface area contributed by atoms with E-state index in [-0.39, 0.29) is 12.4 Å². The Bertz CT molecular complexity index is 692. The minimum atomic E-state index is -0.719. The maximum atomic E-state index is 13.1. The second-order valence-corrected chi connectivity index (χ2v) is 7.26. The van der Waals surface area contributed by atoms with E-state index in [1.54, 1.807) is 0 Å². The Morgan fingerprint density at radius 1 is 1.04 bits per heavy atom. The number of carbonyl (C=O) groups is 1. The van der Waals surface area contributed by atoms with Gasteiger partial charge in [-0.3, -0.25) is 4.79 Å². The van der Waals surface area contributed by atoms with Gasteiger partial charge in [0.15, 0.2) is 5.78 Å². The van der Waals surface area contributed by atoms with Gasteiger partial charge in [-0.05, 0) is 43.2 Å². The minimum Gasteiger partial charge on any atom is -0.395 e. The van der Waals surface area contributed by atoms with Gasteiger partial charge in [-0.15, -0.1) is 0 Å². The predicted octanol–water partition coefficient (Wildman–Crippen LogP) is 3.26. The molecule has 0 aliphatic carbocycles. The first-order chi connectivity index (χ1) is 11.8. The van der Waals surface area contributed by atoms with Crippen molar-refractivity contribution in [3.63, 3.8) is 0 Å². The molecule has 1 atom stereocenters. The molecule has 0 aliphatic rings. The molecule has 2 rings (SSSR count). The van der Waals surface area contributed by atoms with Crippen molar-refractivity contribution in [3.8, 4) is 0 Å². The van der Waals surface area contributed by atoms with Gasteiger partial charge in [-0.1, -0.05) is 44.2 Å². The summed E-state index contributed by atoms with van der Waals surface area (Å²) < 4.78 is 0. The van der Waals surface area contributed by atoms with Crippen LogP contribution in [0.2, 0.25) is 0 Å². The van der Waals surface area contributed by atoms with E-state index >= 15 is 0 Å². The number of nitrogens with one attached hydrogen (secondary N) is 1. The second kappa shape index (κ2) is 7.81. The number of anilines is 1. The zero-order valence-electron chi connectivity index (χ0n) is 15.3. The summed E-state index contributed by atoms with van der Waals surface area (Å²) in [7, 11) is 0. The quantitative estimate of drug-likeness (QED) is 0.645. The molecule has 2 aromatic rings. The molecule has 4 N–H and O–H groups in total. The lowest BCUT2D eigenvalue weighted by molar-refractivity contribution is 0.0713. The largest absolute Gasteiger partial charge is 0.395 e. The summed E-state index contributed by atoms with van der Waals surface area (Å²) in [5, 5.41) is 11.9. The minimum absolute atomic E-state index is 0.0298. The van der Waals surface area contributed by atoms with Gasteiger partial charge in [0, 0.05) is 28.7 Å². The van der Waals surface area contributed by atoms with Crippen LogP contribution in [0.1, 0.15) is 36.7 Å². The summed E-state index contributed by atoms with van der Waals surface area (Å²) in [6.45, 7) is 6.32. The summed E-state index contributed by atoms with van der Waals surface area (Å²) in [6, 6.07) is 17.3. The summed E-state index contributed by atoms with van der Waals surface area (Å²) >= 11 is 0. The molecule has 0 spiro atoms. The number of aliphatic hydroxyl groups is 1. The van der Waals surface area contributed by atoms with Crippen LogP contribution in [0, 0.1) is 5.41 Å². The van der Waals surface area contributed by atoms with Gasteiger partial charge in [0.1, 0.15) is 0 Å². The number of carbonyl (C=O) groups excluding carboxylic acids is 1. The van der Waals surface area contributed by atoms with Gasteiger partial charge in [-0.25, -0.2) is 0 Å². The molecule has 0 fully saturated rings. The Morgan fingerprint density at radius 3 is 2.20 bits per heavy atom. The van der Waals surface area contributed by atoms with Crippen molar-refractivity contribution in [2.45, 2.75) is 32.7 Å². The number of rotatable bonds is 8. The number of nitrogens with two attached hydrogens (primary N) is 1. The van der Waals surface area contributed by atoms with Gasteiger partial charge in [0.2, 0.25) is 0 Å². The summed E-state index contributed by atoms with van der Waals surface area (Å²) in [6.07, 6.45) is 0.628. The number of ketones is 1. The zero-order chi connectivity index (χ0) is 18.5. The highest BCUT2D eigenvalue weighted by Gasteiger charge is 2.43. The fraction of sp³-hybridized carbons (Fsp3) is 0.381. The number of hydrogen-bond donors (Lipinski definition) is 3. The molecule has 25 heavy (non-hydrogen) atoms. The summed E-state index contributed by atoms with van der Waals surface area (Å²) in [4.78, 5) is 13.1. The van der Waals surface area contributed by atoms with E-state index in [4.69, 9.17) is 10.8 Å². The van der Waals surface area contributed by atoms with E-state index in [0.29, 0.717) is 18.5 Å². The second-order valence-electron chi connectivity index (χ2n) is 7.26. The molecule has 0 amide bonds. The van der Waals surface area contributed by atoms with Gasteiger partial charge in [0.05, 0.1) is 6.61 Å². The molecule has 0 radical (unpaired) electrons. The average molecular weight is 340 g/mol. The Labute approximate surface area is 150 Å². The fourth-order valence-corrected chi connectivity index (χ4v) is 2.80. The highest BCUT2D eigenvalue weighted by molar-refractivity contribution is 6.01. The fourth-order valence-electron chi connectivity index (χ4n) is 2.80. The van der Waals surface area contributed by atoms with Crippen LogP contribution < -0.4 is 11.1 Å². The zero-order valence-corrected chi connectivity index (χ0v) is 15.3. The van der Waals surface area contributed by atoms with E-state index in [9.17, 15) is 4.79 Å².